The van der Waals surface area contributed by atoms with E-state index in [2.05, 4.69) is 11.0 Å². The molecule has 0 spiro atoms. The minimum absolute atomic E-state index is 0.113. The molecule has 1 aliphatic carbocycles. The van der Waals surface area contributed by atoms with E-state index in [0.717, 1.165) is 79.9 Å². The molecule has 0 amide bonds. The molecule has 4 rings (SSSR count). The van der Waals surface area contributed by atoms with Crippen molar-refractivity contribution in [2.75, 3.05) is 13.1 Å². The highest BCUT2D eigenvalue weighted by Gasteiger charge is 2.30. The zero-order valence-electron chi connectivity index (χ0n) is 15.7. The number of nitrogens with zero attached hydrogens (tertiary/aromatic N) is 1. The Morgan fingerprint density at radius 1 is 1.04 bits per heavy atom. The molecule has 1 aliphatic heterocycles. The summed E-state index contributed by atoms with van der Waals surface area (Å²) in [5.74, 6) is 0.275. The Balaban J connectivity index is 1.48. The van der Waals surface area contributed by atoms with Gasteiger partial charge in [-0.15, -0.1) is 0 Å². The number of fused-ring (bicyclic) bond motifs is 1. The maximum Gasteiger partial charge on any atom is 0.150 e. The monoisotopic (exact) mass is 364 g/mol. The number of aliphatic hydroxyl groups excluding tert-OH is 1. The molecule has 27 heavy (non-hydrogen) atoms. The van der Waals surface area contributed by atoms with E-state index in [-0.39, 0.29) is 12.0 Å². The molecule has 1 unspecified atom stereocenters. The lowest BCUT2D eigenvalue weighted by molar-refractivity contribution is 0.0592. The third kappa shape index (κ3) is 3.97. The minimum atomic E-state index is -0.113. The Kier molecular flexibility index (Phi) is 5.37. The van der Waals surface area contributed by atoms with Crippen molar-refractivity contribution in [3.05, 3.63) is 47.5 Å². The van der Waals surface area contributed by atoms with Crippen LogP contribution in [-0.4, -0.2) is 47.2 Å². The van der Waals surface area contributed by atoms with E-state index >= 15 is 0 Å². The van der Waals surface area contributed by atoms with Crippen LogP contribution < -0.4 is 0 Å². The van der Waals surface area contributed by atoms with E-state index in [4.69, 9.17) is 5.41 Å². The van der Waals surface area contributed by atoms with Crippen LogP contribution in [-0.2, 0) is 0 Å². The molecule has 2 aromatic carbocycles. The van der Waals surface area contributed by atoms with E-state index in [9.17, 15) is 9.90 Å². The largest absolute Gasteiger partial charge is 0.393 e. The van der Waals surface area contributed by atoms with Crippen molar-refractivity contribution in [1.82, 2.24) is 4.90 Å². The SMILES string of the molecule is N=C(c1ccc2cc(C=O)ccc2c1)C1CCCN(C2CCC(O)CC2)C1. The molecular weight excluding hydrogens is 336 g/mol. The predicted molar refractivity (Wildman–Crippen MR) is 109 cm³/mol. The molecule has 1 saturated carbocycles. The van der Waals surface area contributed by atoms with Crippen LogP contribution in [0.5, 0.6) is 0 Å². The Morgan fingerprint density at radius 3 is 2.56 bits per heavy atom. The highest BCUT2D eigenvalue weighted by Crippen LogP contribution is 2.29. The van der Waals surface area contributed by atoms with Gasteiger partial charge in [-0.25, -0.2) is 0 Å². The van der Waals surface area contributed by atoms with Crippen molar-refractivity contribution >= 4 is 22.8 Å². The van der Waals surface area contributed by atoms with Crippen LogP contribution in [0.3, 0.4) is 0 Å². The summed E-state index contributed by atoms with van der Waals surface area (Å²) in [7, 11) is 0. The molecule has 2 aromatic rings. The number of nitrogens with one attached hydrogen (secondary N) is 1. The van der Waals surface area contributed by atoms with Crippen molar-refractivity contribution in [3.63, 3.8) is 0 Å². The van der Waals surface area contributed by atoms with Gasteiger partial charge in [0, 0.05) is 29.8 Å². The number of hydrogen-bond donors (Lipinski definition) is 2. The normalized spacial score (nSPS) is 26.8. The van der Waals surface area contributed by atoms with E-state index in [1.54, 1.807) is 0 Å². The average molecular weight is 364 g/mol. The summed E-state index contributed by atoms with van der Waals surface area (Å²) in [4.78, 5) is 13.5. The molecule has 2 aliphatic rings. The average Bonchev–Trinajstić information content (AvgIpc) is 2.73. The van der Waals surface area contributed by atoms with Crippen molar-refractivity contribution in [1.29, 1.82) is 5.41 Å². The summed E-state index contributed by atoms with van der Waals surface area (Å²) in [6.07, 6.45) is 6.96. The Morgan fingerprint density at radius 2 is 1.78 bits per heavy atom. The fraction of sp³-hybridized carbons (Fsp3) is 0.478. The highest BCUT2D eigenvalue weighted by molar-refractivity contribution is 6.03. The lowest BCUT2D eigenvalue weighted by Crippen LogP contribution is -2.46. The Bertz CT molecular complexity index is 839. The molecule has 4 heteroatoms. The number of hydrogen-bond acceptors (Lipinski definition) is 4. The Labute approximate surface area is 160 Å². The van der Waals surface area contributed by atoms with Gasteiger partial charge in [-0.05, 0) is 73.5 Å². The zero-order valence-corrected chi connectivity index (χ0v) is 15.7. The summed E-state index contributed by atoms with van der Waals surface area (Å²) in [5, 5.41) is 20.7. The molecule has 2 fully saturated rings. The fourth-order valence-electron chi connectivity index (χ4n) is 4.74. The van der Waals surface area contributed by atoms with Crippen molar-refractivity contribution in [3.8, 4) is 0 Å². The number of aliphatic hydroxyl groups is 1. The number of likely N-dealkylation sites (tertiary alicyclic amines) is 1. The van der Waals surface area contributed by atoms with Gasteiger partial charge in [0.1, 0.15) is 6.29 Å². The number of aldehydes is 1. The van der Waals surface area contributed by atoms with Gasteiger partial charge in [0.15, 0.2) is 0 Å². The van der Waals surface area contributed by atoms with Gasteiger partial charge in [-0.1, -0.05) is 24.3 Å². The van der Waals surface area contributed by atoms with Crippen LogP contribution in [0.2, 0.25) is 0 Å². The molecule has 142 valence electrons. The smallest absolute Gasteiger partial charge is 0.150 e. The van der Waals surface area contributed by atoms with Crippen LogP contribution in [0.25, 0.3) is 10.8 Å². The van der Waals surface area contributed by atoms with E-state index < -0.39 is 0 Å². The molecule has 1 atom stereocenters. The summed E-state index contributed by atoms with van der Waals surface area (Å²) < 4.78 is 0. The topological polar surface area (TPSA) is 64.4 Å². The molecule has 0 bridgehead atoms. The van der Waals surface area contributed by atoms with Crippen molar-refractivity contribution in [2.24, 2.45) is 5.92 Å². The van der Waals surface area contributed by atoms with Crippen LogP contribution in [0.1, 0.15) is 54.4 Å². The van der Waals surface area contributed by atoms with Gasteiger partial charge in [-0.2, -0.15) is 0 Å². The second-order valence-corrected chi connectivity index (χ2v) is 8.15. The maximum atomic E-state index is 11.0. The standard InChI is InChI=1S/C23H28N2O2/c24-23(19-6-5-17-12-16(15-26)3-4-18(17)13-19)20-2-1-11-25(14-20)21-7-9-22(27)10-8-21/h3-6,12-13,15,20-22,24,27H,1-2,7-11,14H2. The van der Waals surface area contributed by atoms with Gasteiger partial charge in [0.05, 0.1) is 6.10 Å². The lowest BCUT2D eigenvalue weighted by atomic mass is 9.85. The van der Waals surface area contributed by atoms with E-state index in [0.29, 0.717) is 11.6 Å². The van der Waals surface area contributed by atoms with Crippen LogP contribution in [0, 0.1) is 11.3 Å². The van der Waals surface area contributed by atoms with Crippen LogP contribution in [0.15, 0.2) is 36.4 Å². The summed E-state index contributed by atoms with van der Waals surface area (Å²) in [5.41, 5.74) is 2.41. The summed E-state index contributed by atoms with van der Waals surface area (Å²) >= 11 is 0. The number of carbonyl (C=O) groups is 1. The first kappa shape index (κ1) is 18.3. The Hall–Kier alpha value is -2.04. The third-order valence-electron chi connectivity index (χ3n) is 6.36. The second-order valence-electron chi connectivity index (χ2n) is 8.15. The first-order valence-electron chi connectivity index (χ1n) is 10.1. The molecule has 0 radical (unpaired) electrons. The van der Waals surface area contributed by atoms with Crippen molar-refractivity contribution in [2.45, 2.75) is 50.7 Å². The van der Waals surface area contributed by atoms with Crippen molar-refractivity contribution < 1.29 is 9.90 Å². The van der Waals surface area contributed by atoms with Crippen LogP contribution >= 0.6 is 0 Å². The number of rotatable bonds is 4. The zero-order chi connectivity index (χ0) is 18.8. The first-order chi connectivity index (χ1) is 13.1. The number of piperidine rings is 1. The fourth-order valence-corrected chi connectivity index (χ4v) is 4.74. The maximum absolute atomic E-state index is 11.0. The van der Waals surface area contributed by atoms with Gasteiger partial charge < -0.3 is 10.5 Å². The van der Waals surface area contributed by atoms with Crippen LogP contribution in [0.4, 0.5) is 0 Å². The molecule has 4 nitrogen and oxygen atoms in total. The number of carbonyl (C=O) groups excluding carboxylic acids is 1. The van der Waals surface area contributed by atoms with E-state index in [1.807, 2.05) is 30.3 Å². The van der Waals surface area contributed by atoms with E-state index in [1.165, 1.54) is 0 Å². The highest BCUT2D eigenvalue weighted by atomic mass is 16.3. The molecule has 0 aromatic heterocycles. The molecule has 1 heterocycles. The molecule has 1 saturated heterocycles. The lowest BCUT2D eigenvalue weighted by Gasteiger charge is -2.41. The third-order valence-corrected chi connectivity index (χ3v) is 6.36. The molecule has 2 N–H and O–H groups in total. The molecular formula is C23H28N2O2. The minimum Gasteiger partial charge on any atom is -0.393 e. The number of benzene rings is 2. The quantitative estimate of drug-likeness (QED) is 0.636. The van der Waals surface area contributed by atoms with Gasteiger partial charge in [0.25, 0.3) is 0 Å². The summed E-state index contributed by atoms with van der Waals surface area (Å²) in [6.45, 7) is 2.08. The van der Waals surface area contributed by atoms with Gasteiger partial charge >= 0.3 is 0 Å². The second kappa shape index (κ2) is 7.91. The summed E-state index contributed by atoms with van der Waals surface area (Å²) in [6, 6.07) is 12.4. The van der Waals surface area contributed by atoms with Gasteiger partial charge in [0.2, 0.25) is 0 Å². The first-order valence-corrected chi connectivity index (χ1v) is 10.1. The van der Waals surface area contributed by atoms with Gasteiger partial charge in [-0.3, -0.25) is 9.69 Å². The predicted octanol–water partition coefficient (Wildman–Crippen LogP) is 4.04.